The highest BCUT2D eigenvalue weighted by atomic mass is 32.2. The van der Waals surface area contributed by atoms with Crippen LogP contribution in [0, 0.1) is 5.92 Å². The first kappa shape index (κ1) is 12.9. The number of nitrogen functional groups attached to an aromatic ring is 1. The molecule has 100 valence electrons. The number of aromatic nitrogens is 2. The van der Waals surface area contributed by atoms with Crippen molar-refractivity contribution in [1.82, 2.24) is 15.1 Å². The average molecular weight is 272 g/mol. The van der Waals surface area contributed by atoms with Crippen LogP contribution in [0.4, 0.5) is 5.82 Å². The summed E-state index contributed by atoms with van der Waals surface area (Å²) in [4.78, 5) is 11.8. The number of nitrogens with one attached hydrogen (secondary N) is 1. The van der Waals surface area contributed by atoms with E-state index in [-0.39, 0.29) is 23.3 Å². The smallest absolute Gasteiger partial charge is 0.256 e. The van der Waals surface area contributed by atoms with Crippen LogP contribution in [-0.2, 0) is 16.9 Å². The maximum absolute atomic E-state index is 11.8. The molecule has 0 aliphatic carbocycles. The fourth-order valence-corrected chi connectivity index (χ4v) is 3.85. The number of nitrogens with two attached hydrogens (primary N) is 1. The molecule has 2 heterocycles. The van der Waals surface area contributed by atoms with Crippen molar-refractivity contribution in [3.8, 4) is 0 Å². The van der Waals surface area contributed by atoms with Crippen molar-refractivity contribution in [2.24, 2.45) is 13.0 Å². The molecule has 1 aliphatic heterocycles. The number of aryl methyl sites for hydroxylation is 1. The Hall–Kier alpha value is -1.57. The first-order chi connectivity index (χ1) is 8.39. The van der Waals surface area contributed by atoms with Gasteiger partial charge in [-0.15, -0.1) is 0 Å². The van der Waals surface area contributed by atoms with E-state index < -0.39 is 9.84 Å². The van der Waals surface area contributed by atoms with Crippen LogP contribution >= 0.6 is 0 Å². The molecule has 1 amide bonds. The normalized spacial score (nSPS) is 21.9. The van der Waals surface area contributed by atoms with E-state index in [9.17, 15) is 13.2 Å². The van der Waals surface area contributed by atoms with Gasteiger partial charge in [0, 0.05) is 13.6 Å². The van der Waals surface area contributed by atoms with Crippen molar-refractivity contribution in [2.45, 2.75) is 6.42 Å². The van der Waals surface area contributed by atoms with E-state index in [1.165, 1.54) is 10.9 Å². The number of nitrogens with zero attached hydrogens (tertiary/aromatic N) is 2. The van der Waals surface area contributed by atoms with E-state index in [1.807, 2.05) is 0 Å². The van der Waals surface area contributed by atoms with Crippen molar-refractivity contribution < 1.29 is 13.2 Å². The maximum atomic E-state index is 11.8. The number of carbonyl (C=O) groups is 1. The fraction of sp³-hybridized carbons (Fsp3) is 0.600. The third-order valence-corrected chi connectivity index (χ3v) is 4.94. The standard InChI is InChI=1S/C10H16N4O3S/c1-14-9(11)8(5-13-14)10(15)12-4-7-2-3-18(16,17)6-7/h5,7H,2-4,6,11H2,1H3,(H,12,15). The predicted octanol–water partition coefficient (Wildman–Crippen LogP) is -0.833. The van der Waals surface area contributed by atoms with Crippen LogP contribution in [0.5, 0.6) is 0 Å². The molecule has 1 aromatic heterocycles. The molecule has 1 saturated heterocycles. The summed E-state index contributed by atoms with van der Waals surface area (Å²) >= 11 is 0. The first-order valence-electron chi connectivity index (χ1n) is 5.65. The van der Waals surface area contributed by atoms with Crippen LogP contribution in [0.1, 0.15) is 16.8 Å². The summed E-state index contributed by atoms with van der Waals surface area (Å²) in [5.74, 6) is 0.339. The minimum atomic E-state index is -2.90. The number of hydrogen-bond acceptors (Lipinski definition) is 5. The zero-order valence-corrected chi connectivity index (χ0v) is 10.9. The quantitative estimate of drug-likeness (QED) is 0.746. The second kappa shape index (κ2) is 4.60. The van der Waals surface area contributed by atoms with E-state index in [0.29, 0.717) is 24.3 Å². The zero-order chi connectivity index (χ0) is 13.3. The molecular weight excluding hydrogens is 256 g/mol. The van der Waals surface area contributed by atoms with Crippen molar-refractivity contribution in [2.75, 3.05) is 23.8 Å². The SMILES string of the molecule is Cn1ncc(C(=O)NCC2CCS(=O)(=O)C2)c1N. The van der Waals surface area contributed by atoms with Crippen molar-refractivity contribution in [3.05, 3.63) is 11.8 Å². The van der Waals surface area contributed by atoms with E-state index in [2.05, 4.69) is 10.4 Å². The highest BCUT2D eigenvalue weighted by molar-refractivity contribution is 7.91. The van der Waals surface area contributed by atoms with Gasteiger partial charge in [0.2, 0.25) is 0 Å². The fourth-order valence-electron chi connectivity index (χ4n) is 1.99. The lowest BCUT2D eigenvalue weighted by molar-refractivity contribution is 0.0949. The number of carbonyl (C=O) groups excluding carboxylic acids is 1. The molecular formula is C10H16N4O3S. The van der Waals surface area contributed by atoms with Crippen LogP contribution in [0.15, 0.2) is 6.20 Å². The molecule has 7 nitrogen and oxygen atoms in total. The van der Waals surface area contributed by atoms with Crippen LogP contribution in [0.3, 0.4) is 0 Å². The molecule has 1 aromatic rings. The molecule has 0 radical (unpaired) electrons. The van der Waals surface area contributed by atoms with Crippen LogP contribution in [-0.4, -0.2) is 42.2 Å². The lowest BCUT2D eigenvalue weighted by atomic mass is 10.1. The Morgan fingerprint density at radius 2 is 2.39 bits per heavy atom. The molecule has 0 spiro atoms. The van der Waals surface area contributed by atoms with Gasteiger partial charge in [0.05, 0.1) is 17.7 Å². The summed E-state index contributed by atoms with van der Waals surface area (Å²) in [5, 5.41) is 6.57. The topological polar surface area (TPSA) is 107 Å². The van der Waals surface area contributed by atoms with Crippen molar-refractivity contribution in [3.63, 3.8) is 0 Å². The van der Waals surface area contributed by atoms with Gasteiger partial charge in [-0.2, -0.15) is 5.10 Å². The van der Waals surface area contributed by atoms with E-state index in [0.717, 1.165) is 0 Å². The second-order valence-electron chi connectivity index (χ2n) is 4.55. The number of anilines is 1. The number of amides is 1. The Labute approximate surface area is 105 Å². The molecule has 1 unspecified atom stereocenters. The molecule has 1 fully saturated rings. The zero-order valence-electron chi connectivity index (χ0n) is 10.1. The average Bonchev–Trinajstić information content (AvgIpc) is 2.80. The van der Waals surface area contributed by atoms with Crippen molar-refractivity contribution >= 4 is 21.6 Å². The maximum Gasteiger partial charge on any atom is 0.256 e. The first-order valence-corrected chi connectivity index (χ1v) is 7.47. The third-order valence-electron chi connectivity index (χ3n) is 3.11. The number of sulfone groups is 1. The third kappa shape index (κ3) is 2.63. The van der Waals surface area contributed by atoms with Gasteiger partial charge in [0.25, 0.3) is 5.91 Å². The Kier molecular flexibility index (Phi) is 3.29. The Morgan fingerprint density at radius 3 is 2.89 bits per heavy atom. The van der Waals surface area contributed by atoms with Gasteiger partial charge >= 0.3 is 0 Å². The predicted molar refractivity (Wildman–Crippen MR) is 66.7 cm³/mol. The summed E-state index contributed by atoms with van der Waals surface area (Å²) in [6.07, 6.45) is 2.00. The van der Waals surface area contributed by atoms with Gasteiger partial charge < -0.3 is 11.1 Å². The summed E-state index contributed by atoms with van der Waals surface area (Å²) in [6, 6.07) is 0. The summed E-state index contributed by atoms with van der Waals surface area (Å²) < 4.78 is 23.9. The minimum absolute atomic E-state index is 0.00292. The largest absolute Gasteiger partial charge is 0.383 e. The Bertz CT molecular complexity index is 564. The highest BCUT2D eigenvalue weighted by Gasteiger charge is 2.28. The number of rotatable bonds is 3. The van der Waals surface area contributed by atoms with Crippen LogP contribution < -0.4 is 11.1 Å². The molecule has 8 heteroatoms. The number of hydrogen-bond donors (Lipinski definition) is 2. The van der Waals surface area contributed by atoms with Crippen LogP contribution in [0.2, 0.25) is 0 Å². The lowest BCUT2D eigenvalue weighted by Gasteiger charge is -2.09. The highest BCUT2D eigenvalue weighted by Crippen LogP contribution is 2.17. The van der Waals surface area contributed by atoms with E-state index >= 15 is 0 Å². The van der Waals surface area contributed by atoms with Crippen molar-refractivity contribution in [1.29, 1.82) is 0 Å². The second-order valence-corrected chi connectivity index (χ2v) is 6.77. The summed E-state index contributed by atoms with van der Waals surface area (Å²) in [5.41, 5.74) is 5.99. The van der Waals surface area contributed by atoms with Gasteiger partial charge in [0.15, 0.2) is 9.84 Å². The molecule has 2 rings (SSSR count). The molecule has 0 bridgehead atoms. The van der Waals surface area contributed by atoms with Gasteiger partial charge in [-0.25, -0.2) is 8.42 Å². The monoisotopic (exact) mass is 272 g/mol. The molecule has 0 aromatic carbocycles. The van der Waals surface area contributed by atoms with E-state index in [1.54, 1.807) is 7.05 Å². The Morgan fingerprint density at radius 1 is 1.67 bits per heavy atom. The van der Waals surface area contributed by atoms with E-state index in [4.69, 9.17) is 5.73 Å². The summed E-state index contributed by atoms with van der Waals surface area (Å²) in [7, 11) is -1.26. The summed E-state index contributed by atoms with van der Waals surface area (Å²) in [6.45, 7) is 0.354. The lowest BCUT2D eigenvalue weighted by Crippen LogP contribution is -2.30. The molecule has 18 heavy (non-hydrogen) atoms. The Balaban J connectivity index is 1.92. The molecule has 1 aliphatic rings. The molecule has 1 atom stereocenters. The van der Waals surface area contributed by atoms with Gasteiger partial charge in [-0.05, 0) is 12.3 Å². The molecule has 0 saturated carbocycles. The van der Waals surface area contributed by atoms with Gasteiger partial charge in [-0.3, -0.25) is 9.48 Å². The molecule has 3 N–H and O–H groups in total. The van der Waals surface area contributed by atoms with Crippen LogP contribution in [0.25, 0.3) is 0 Å². The van der Waals surface area contributed by atoms with Gasteiger partial charge in [-0.1, -0.05) is 0 Å². The van der Waals surface area contributed by atoms with Gasteiger partial charge in [0.1, 0.15) is 11.4 Å². The minimum Gasteiger partial charge on any atom is -0.383 e.